The van der Waals surface area contributed by atoms with Crippen LogP contribution < -0.4 is 0 Å². The number of sulfonamides is 1. The lowest BCUT2D eigenvalue weighted by Crippen LogP contribution is -2.13. The molecule has 2 aromatic rings. The lowest BCUT2D eigenvalue weighted by Gasteiger charge is -2.06. The molecule has 7 heteroatoms. The molecule has 0 amide bonds. The predicted octanol–water partition coefficient (Wildman–Crippen LogP) is 3.04. The molecule has 0 spiro atoms. The lowest BCUT2D eigenvalue weighted by molar-refractivity contribution is -0.132. The summed E-state index contributed by atoms with van der Waals surface area (Å²) in [5.74, 6) is -0.933. The summed E-state index contributed by atoms with van der Waals surface area (Å²) in [6, 6.07) is 13.9. The van der Waals surface area contributed by atoms with Crippen LogP contribution in [0.25, 0.3) is 0 Å². The van der Waals surface area contributed by atoms with E-state index in [0.717, 1.165) is 0 Å². The van der Waals surface area contributed by atoms with Crippen LogP contribution in [-0.4, -0.2) is 20.3 Å². The van der Waals surface area contributed by atoms with Gasteiger partial charge in [0.15, 0.2) is 0 Å². The van der Waals surface area contributed by atoms with Gasteiger partial charge in [0.25, 0.3) is 10.0 Å². The molecule has 5 nitrogen and oxygen atoms in total. The minimum Gasteiger partial charge on any atom is -0.406 e. The fourth-order valence-electron chi connectivity index (χ4n) is 1.62. The average Bonchev–Trinajstić information content (AvgIpc) is 2.47. The molecule has 0 aliphatic heterocycles. The molecule has 0 aromatic heterocycles. The van der Waals surface area contributed by atoms with E-state index in [4.69, 9.17) is 16.3 Å². The van der Waals surface area contributed by atoms with Crippen LogP contribution >= 0.6 is 11.6 Å². The molecular formula is C15H12ClNO4S. The number of halogens is 1. The van der Waals surface area contributed by atoms with Gasteiger partial charge in [0.1, 0.15) is 0 Å². The summed E-state index contributed by atoms with van der Waals surface area (Å²) in [5.41, 5.74) is 0.384. The summed E-state index contributed by atoms with van der Waals surface area (Å²) in [7, 11) is -4.02. The predicted molar refractivity (Wildman–Crippen MR) is 83.4 cm³/mol. The third-order valence-electron chi connectivity index (χ3n) is 2.58. The molecule has 0 atom stereocenters. The molecule has 0 saturated carbocycles. The van der Waals surface area contributed by atoms with Gasteiger partial charge in [-0.25, -0.2) is 0 Å². The Hall–Kier alpha value is -2.18. The number of esters is 1. The van der Waals surface area contributed by atoms with E-state index in [1.807, 2.05) is 0 Å². The second kappa shape index (κ2) is 6.72. The first-order chi connectivity index (χ1) is 10.4. The van der Waals surface area contributed by atoms with Gasteiger partial charge in [-0.1, -0.05) is 29.8 Å². The Morgan fingerprint density at radius 3 is 2.18 bits per heavy atom. The second-order valence-corrected chi connectivity index (χ2v) is 6.33. The molecular weight excluding hydrogens is 326 g/mol. The molecule has 0 unspecified atom stereocenters. The van der Waals surface area contributed by atoms with E-state index in [0.29, 0.717) is 10.6 Å². The van der Waals surface area contributed by atoms with Crippen LogP contribution in [0.5, 0.6) is 0 Å². The fourth-order valence-corrected chi connectivity index (χ4v) is 2.69. The number of rotatable bonds is 3. The summed E-state index contributed by atoms with van der Waals surface area (Å²) in [6.45, 7) is 1.17. The zero-order valence-electron chi connectivity index (χ0n) is 11.6. The van der Waals surface area contributed by atoms with Crippen LogP contribution in [0, 0.1) is 0 Å². The Morgan fingerprint density at radius 2 is 1.64 bits per heavy atom. The maximum atomic E-state index is 12.3. The van der Waals surface area contributed by atoms with Crippen LogP contribution in [0.2, 0.25) is 5.02 Å². The fraction of sp³-hybridized carbons (Fsp3) is 0.0667. The highest BCUT2D eigenvalue weighted by Gasteiger charge is 2.17. The molecule has 0 saturated heterocycles. The zero-order chi connectivity index (χ0) is 16.2. The van der Waals surface area contributed by atoms with Gasteiger partial charge in [-0.2, -0.15) is 8.42 Å². The molecule has 0 aliphatic rings. The van der Waals surface area contributed by atoms with E-state index in [2.05, 4.69) is 4.40 Å². The molecule has 114 valence electrons. The number of benzene rings is 2. The van der Waals surface area contributed by atoms with E-state index in [1.54, 1.807) is 30.3 Å². The van der Waals surface area contributed by atoms with Gasteiger partial charge in [-0.05, 0) is 36.4 Å². The van der Waals surface area contributed by atoms with Crippen LogP contribution in [0.15, 0.2) is 63.9 Å². The van der Waals surface area contributed by atoms with Crippen LogP contribution in [0.4, 0.5) is 0 Å². The normalized spacial score (nSPS) is 12.0. The van der Waals surface area contributed by atoms with E-state index in [9.17, 15) is 13.2 Å². The van der Waals surface area contributed by atoms with Gasteiger partial charge in [0.2, 0.25) is 5.90 Å². The number of nitrogens with zero attached hydrogens (tertiary/aromatic N) is 1. The molecule has 0 aliphatic carbocycles. The van der Waals surface area contributed by atoms with Crippen molar-refractivity contribution in [2.24, 2.45) is 4.40 Å². The highest BCUT2D eigenvalue weighted by atomic mass is 35.5. The number of hydrogen-bond donors (Lipinski definition) is 0. The molecule has 0 N–H and O–H groups in total. The number of hydrogen-bond acceptors (Lipinski definition) is 4. The highest BCUT2D eigenvalue weighted by molar-refractivity contribution is 7.90. The Morgan fingerprint density at radius 1 is 1.05 bits per heavy atom. The monoisotopic (exact) mass is 337 g/mol. The first-order valence-corrected chi connectivity index (χ1v) is 8.05. The first kappa shape index (κ1) is 16.2. The number of carbonyl (C=O) groups excluding carboxylic acids is 1. The molecule has 22 heavy (non-hydrogen) atoms. The number of carbonyl (C=O) groups is 1. The zero-order valence-corrected chi connectivity index (χ0v) is 13.1. The standard InChI is InChI=1S/C15H12ClNO4S/c1-11(18)21-15(12-5-3-2-4-6-12)17-22(19,20)14-9-7-13(16)8-10-14/h2-10H,1H3/b17-15+. The largest absolute Gasteiger partial charge is 0.406 e. The van der Waals surface area contributed by atoms with Crippen molar-refractivity contribution in [2.75, 3.05) is 0 Å². The average molecular weight is 338 g/mol. The summed E-state index contributed by atoms with van der Waals surface area (Å²) >= 11 is 5.73. The van der Waals surface area contributed by atoms with Gasteiger partial charge >= 0.3 is 5.97 Å². The van der Waals surface area contributed by atoms with Gasteiger partial charge in [0.05, 0.1) is 4.90 Å². The van der Waals surface area contributed by atoms with Crippen LogP contribution in [0.1, 0.15) is 12.5 Å². The maximum Gasteiger partial charge on any atom is 0.309 e. The van der Waals surface area contributed by atoms with Crippen molar-refractivity contribution in [3.63, 3.8) is 0 Å². The summed E-state index contributed by atoms with van der Waals surface area (Å²) < 4.78 is 33.1. The van der Waals surface area contributed by atoms with E-state index < -0.39 is 16.0 Å². The van der Waals surface area contributed by atoms with Crippen molar-refractivity contribution in [2.45, 2.75) is 11.8 Å². The van der Waals surface area contributed by atoms with Crippen molar-refractivity contribution in [3.8, 4) is 0 Å². The maximum absolute atomic E-state index is 12.3. The molecule has 0 fully saturated rings. The first-order valence-electron chi connectivity index (χ1n) is 6.23. The van der Waals surface area contributed by atoms with Gasteiger partial charge < -0.3 is 4.74 Å². The lowest BCUT2D eigenvalue weighted by atomic mass is 10.2. The molecule has 0 bridgehead atoms. The SMILES string of the molecule is CC(=O)O/C(=N/S(=O)(=O)c1ccc(Cl)cc1)c1ccccc1. The van der Waals surface area contributed by atoms with Crippen molar-refractivity contribution in [1.82, 2.24) is 0 Å². The third-order valence-corrected chi connectivity index (χ3v) is 4.10. The second-order valence-electron chi connectivity index (χ2n) is 4.29. The summed E-state index contributed by atoms with van der Waals surface area (Å²) in [6.07, 6.45) is 0. The van der Waals surface area contributed by atoms with Crippen LogP contribution in [-0.2, 0) is 19.6 Å². The molecule has 0 heterocycles. The van der Waals surface area contributed by atoms with Gasteiger partial charge in [0, 0.05) is 17.5 Å². The van der Waals surface area contributed by atoms with E-state index in [-0.39, 0.29) is 10.8 Å². The Labute approximate surface area is 133 Å². The van der Waals surface area contributed by atoms with Crippen molar-refractivity contribution >= 4 is 33.5 Å². The van der Waals surface area contributed by atoms with Crippen molar-refractivity contribution < 1.29 is 17.9 Å². The Balaban J connectivity index is 2.48. The third kappa shape index (κ3) is 4.16. The topological polar surface area (TPSA) is 72.8 Å². The summed E-state index contributed by atoms with van der Waals surface area (Å²) in [5, 5.41) is 0.409. The Kier molecular flexibility index (Phi) is 4.95. The van der Waals surface area contributed by atoms with E-state index >= 15 is 0 Å². The van der Waals surface area contributed by atoms with Gasteiger partial charge in [-0.15, -0.1) is 4.40 Å². The molecule has 2 aromatic carbocycles. The summed E-state index contributed by atoms with van der Waals surface area (Å²) in [4.78, 5) is 11.1. The quantitative estimate of drug-likeness (QED) is 0.490. The molecule has 2 rings (SSSR count). The van der Waals surface area contributed by atoms with Crippen molar-refractivity contribution in [1.29, 1.82) is 0 Å². The van der Waals surface area contributed by atoms with Crippen molar-refractivity contribution in [3.05, 3.63) is 65.2 Å². The Bertz CT molecular complexity index is 799. The van der Waals surface area contributed by atoms with Gasteiger partial charge in [-0.3, -0.25) is 4.79 Å². The number of ether oxygens (including phenoxy) is 1. The molecule has 0 radical (unpaired) electrons. The smallest absolute Gasteiger partial charge is 0.309 e. The highest BCUT2D eigenvalue weighted by Crippen LogP contribution is 2.17. The minimum absolute atomic E-state index is 0.0440. The van der Waals surface area contributed by atoms with E-state index in [1.165, 1.54) is 31.2 Å². The van der Waals surface area contributed by atoms with Crippen LogP contribution in [0.3, 0.4) is 0 Å². The minimum atomic E-state index is -4.02.